The zero-order valence-electron chi connectivity index (χ0n) is 27.3. The van der Waals surface area contributed by atoms with Gasteiger partial charge in [0.25, 0.3) is 11.5 Å². The van der Waals surface area contributed by atoms with Crippen LogP contribution in [0.3, 0.4) is 0 Å². The Kier molecular flexibility index (Phi) is 10.4. The molecule has 9 nitrogen and oxygen atoms in total. The van der Waals surface area contributed by atoms with Crippen LogP contribution in [0.25, 0.3) is 16.6 Å². The SMILES string of the molecule is COc1cc2c(cc1OCCCCCCCCOc1ccc3nc(C)n(-c4ccc(I)cc4C)c(=O)c3c1)N=C[C@@H]1CCCN1C2=O. The summed E-state index contributed by atoms with van der Waals surface area (Å²) in [6.45, 7) is 5.82. The second-order valence-corrected chi connectivity index (χ2v) is 13.5. The van der Waals surface area contributed by atoms with Gasteiger partial charge in [-0.1, -0.05) is 25.7 Å². The number of aliphatic imine (C=N–C) groups is 1. The first-order valence-corrected chi connectivity index (χ1v) is 17.5. The number of aromatic nitrogens is 2. The predicted molar refractivity (Wildman–Crippen MR) is 193 cm³/mol. The summed E-state index contributed by atoms with van der Waals surface area (Å²) in [5, 5.41) is 0.554. The third-order valence-corrected chi connectivity index (χ3v) is 9.60. The number of rotatable bonds is 13. The predicted octanol–water partition coefficient (Wildman–Crippen LogP) is 7.73. The highest BCUT2D eigenvalue weighted by molar-refractivity contribution is 14.1. The van der Waals surface area contributed by atoms with Crippen LogP contribution in [-0.2, 0) is 0 Å². The average molecular weight is 749 g/mol. The Labute approximate surface area is 289 Å². The van der Waals surface area contributed by atoms with Gasteiger partial charge in [0, 0.05) is 22.4 Å². The third-order valence-electron chi connectivity index (χ3n) is 8.93. The van der Waals surface area contributed by atoms with E-state index in [0.29, 0.717) is 58.4 Å². The molecular formula is C37H41IN4O5. The summed E-state index contributed by atoms with van der Waals surface area (Å²) in [7, 11) is 1.60. The number of aryl methyl sites for hydroxylation is 2. The molecule has 10 heteroatoms. The van der Waals surface area contributed by atoms with Gasteiger partial charge in [0.15, 0.2) is 11.5 Å². The molecule has 4 aromatic rings. The number of amides is 1. The van der Waals surface area contributed by atoms with Gasteiger partial charge in [0.2, 0.25) is 0 Å². The summed E-state index contributed by atoms with van der Waals surface area (Å²) in [4.78, 5) is 37.8. The number of unbranched alkanes of at least 4 members (excludes halogenated alkanes) is 5. The van der Waals surface area contributed by atoms with E-state index in [1.54, 1.807) is 17.7 Å². The number of nitrogens with zero attached hydrogens (tertiary/aromatic N) is 4. The lowest BCUT2D eigenvalue weighted by Crippen LogP contribution is -2.35. The summed E-state index contributed by atoms with van der Waals surface area (Å²) in [5.41, 5.74) is 3.68. The first kappa shape index (κ1) is 33.0. The fourth-order valence-corrected chi connectivity index (χ4v) is 7.07. The molecule has 1 aromatic heterocycles. The van der Waals surface area contributed by atoms with Crippen molar-refractivity contribution in [1.82, 2.24) is 14.5 Å². The van der Waals surface area contributed by atoms with Crippen molar-refractivity contribution >= 4 is 51.3 Å². The third kappa shape index (κ3) is 7.32. The second-order valence-electron chi connectivity index (χ2n) is 12.2. The van der Waals surface area contributed by atoms with Crippen molar-refractivity contribution in [3.63, 3.8) is 0 Å². The Balaban J connectivity index is 0.938. The van der Waals surface area contributed by atoms with Crippen LogP contribution >= 0.6 is 22.6 Å². The number of ether oxygens (including phenoxy) is 3. The molecule has 1 atom stereocenters. The van der Waals surface area contributed by atoms with Gasteiger partial charge in [-0.25, -0.2) is 4.98 Å². The lowest BCUT2D eigenvalue weighted by Gasteiger charge is -2.20. The van der Waals surface area contributed by atoms with Crippen LogP contribution in [0.5, 0.6) is 17.2 Å². The highest BCUT2D eigenvalue weighted by Crippen LogP contribution is 2.38. The summed E-state index contributed by atoms with van der Waals surface area (Å²) >= 11 is 2.28. The van der Waals surface area contributed by atoms with Crippen LogP contribution in [0.1, 0.15) is 73.1 Å². The highest BCUT2D eigenvalue weighted by atomic mass is 127. The van der Waals surface area contributed by atoms with Crippen LogP contribution < -0.4 is 19.8 Å². The minimum absolute atomic E-state index is 0.0120. The number of hydrogen-bond acceptors (Lipinski definition) is 7. The average Bonchev–Trinajstić information content (AvgIpc) is 3.49. The topological polar surface area (TPSA) is 95.2 Å². The van der Waals surface area contributed by atoms with E-state index in [9.17, 15) is 9.59 Å². The molecule has 6 rings (SSSR count). The van der Waals surface area contributed by atoms with E-state index in [4.69, 9.17) is 19.2 Å². The first-order valence-electron chi connectivity index (χ1n) is 16.5. The van der Waals surface area contributed by atoms with Crippen molar-refractivity contribution < 1.29 is 19.0 Å². The lowest BCUT2D eigenvalue weighted by molar-refractivity contribution is 0.0774. The molecule has 246 valence electrons. The molecule has 2 aliphatic heterocycles. The van der Waals surface area contributed by atoms with Crippen molar-refractivity contribution in [2.45, 2.75) is 71.3 Å². The minimum atomic E-state index is -0.0874. The van der Waals surface area contributed by atoms with Crippen LogP contribution in [0.15, 0.2) is 58.3 Å². The van der Waals surface area contributed by atoms with E-state index in [2.05, 4.69) is 33.6 Å². The molecule has 1 fully saturated rings. The van der Waals surface area contributed by atoms with Crippen molar-refractivity contribution in [3.05, 3.63) is 79.4 Å². The number of halogens is 1. The number of hydrogen-bond donors (Lipinski definition) is 0. The molecule has 0 unspecified atom stereocenters. The zero-order chi connectivity index (χ0) is 32.9. The molecule has 1 saturated heterocycles. The first-order chi connectivity index (χ1) is 22.8. The Hall–Kier alpha value is -3.93. The van der Waals surface area contributed by atoms with E-state index in [1.807, 2.05) is 61.4 Å². The molecule has 0 saturated carbocycles. The lowest BCUT2D eigenvalue weighted by atomic mass is 10.1. The van der Waals surface area contributed by atoms with Crippen LogP contribution in [0, 0.1) is 17.4 Å². The Morgan fingerprint density at radius 3 is 2.43 bits per heavy atom. The second kappa shape index (κ2) is 14.9. The van der Waals surface area contributed by atoms with Crippen molar-refractivity contribution in [1.29, 1.82) is 0 Å². The largest absolute Gasteiger partial charge is 0.494 e. The van der Waals surface area contributed by atoms with Gasteiger partial charge < -0.3 is 19.1 Å². The monoisotopic (exact) mass is 748 g/mol. The maximum absolute atomic E-state index is 13.5. The van der Waals surface area contributed by atoms with E-state index in [-0.39, 0.29) is 17.5 Å². The Morgan fingerprint density at radius 2 is 1.66 bits per heavy atom. The van der Waals surface area contributed by atoms with Crippen molar-refractivity contribution in [2.75, 3.05) is 26.9 Å². The Bertz CT molecular complexity index is 1870. The summed E-state index contributed by atoms with van der Waals surface area (Å²) < 4.78 is 20.5. The number of methoxy groups -OCH3 is 1. The van der Waals surface area contributed by atoms with Crippen LogP contribution in [-0.4, -0.2) is 59.5 Å². The number of carbonyl (C=O) groups excluding carboxylic acids is 1. The van der Waals surface area contributed by atoms with Gasteiger partial charge >= 0.3 is 0 Å². The Morgan fingerprint density at radius 1 is 0.894 bits per heavy atom. The molecule has 3 heterocycles. The number of fused-ring (bicyclic) bond motifs is 3. The van der Waals surface area contributed by atoms with Gasteiger partial charge in [0.1, 0.15) is 11.6 Å². The molecule has 47 heavy (non-hydrogen) atoms. The van der Waals surface area contributed by atoms with E-state index >= 15 is 0 Å². The van der Waals surface area contributed by atoms with Gasteiger partial charge in [-0.15, -0.1) is 0 Å². The number of carbonyl (C=O) groups is 1. The number of benzene rings is 3. The van der Waals surface area contributed by atoms with Gasteiger partial charge in [-0.3, -0.25) is 19.1 Å². The molecule has 0 radical (unpaired) electrons. The molecular weight excluding hydrogens is 707 g/mol. The quantitative estimate of drug-likeness (QED) is 0.103. The zero-order valence-corrected chi connectivity index (χ0v) is 29.4. The maximum Gasteiger partial charge on any atom is 0.266 e. The molecule has 3 aromatic carbocycles. The maximum atomic E-state index is 13.5. The standard InChI is InChI=1S/C37H41IN4O5/c1-24-19-26(38)12-15-33(24)42-25(2)40-31-14-13-28(20-29(31)37(42)44)46-17-8-6-4-5-7-9-18-47-35-22-32-30(21-34(35)45-3)36(43)41-16-10-11-27(41)23-39-32/h12-15,19-23,27H,4-11,16-18H2,1-3H3/t27-/m0/s1. The normalized spacial score (nSPS) is 15.4. The molecule has 0 bridgehead atoms. The summed E-state index contributed by atoms with van der Waals surface area (Å²) in [6.07, 6.45) is 10.1. The van der Waals surface area contributed by atoms with Crippen LogP contribution in [0.4, 0.5) is 5.69 Å². The van der Waals surface area contributed by atoms with Gasteiger partial charge in [-0.2, -0.15) is 0 Å². The molecule has 0 aliphatic carbocycles. The van der Waals surface area contributed by atoms with Gasteiger partial charge in [-0.05, 0) is 110 Å². The fraction of sp³-hybridized carbons (Fsp3) is 0.405. The van der Waals surface area contributed by atoms with E-state index in [0.717, 1.165) is 72.7 Å². The van der Waals surface area contributed by atoms with Crippen molar-refractivity contribution in [3.8, 4) is 22.9 Å². The molecule has 2 aliphatic rings. The van der Waals surface area contributed by atoms with Crippen LogP contribution in [0.2, 0.25) is 0 Å². The smallest absolute Gasteiger partial charge is 0.266 e. The molecule has 1 amide bonds. The molecule has 0 N–H and O–H groups in total. The van der Waals surface area contributed by atoms with E-state index in [1.165, 1.54) is 0 Å². The molecule has 0 spiro atoms. The fourth-order valence-electron chi connectivity index (χ4n) is 6.42. The summed E-state index contributed by atoms with van der Waals surface area (Å²) in [5.74, 6) is 2.55. The summed E-state index contributed by atoms with van der Waals surface area (Å²) in [6, 6.07) is 15.3. The highest BCUT2D eigenvalue weighted by Gasteiger charge is 2.32. The van der Waals surface area contributed by atoms with Gasteiger partial charge in [0.05, 0.1) is 54.2 Å². The van der Waals surface area contributed by atoms with E-state index < -0.39 is 0 Å². The van der Waals surface area contributed by atoms with Crippen molar-refractivity contribution in [2.24, 2.45) is 4.99 Å². The minimum Gasteiger partial charge on any atom is -0.494 e.